The second-order valence-electron chi connectivity index (χ2n) is 4.43. The van der Waals surface area contributed by atoms with Crippen LogP contribution in [0.15, 0.2) is 24.5 Å². The van der Waals surface area contributed by atoms with E-state index < -0.39 is 18.0 Å². The summed E-state index contributed by atoms with van der Waals surface area (Å²) < 4.78 is 10.3. The molecule has 0 spiro atoms. The fraction of sp³-hybridized carbons (Fsp3) is 0.533. The summed E-state index contributed by atoms with van der Waals surface area (Å²) in [4.78, 5) is 27.6. The molecule has 20 heavy (non-hydrogen) atoms. The monoisotopic (exact) mass is 279 g/mol. The Kier molecular flexibility index (Phi) is 7.32. The van der Waals surface area contributed by atoms with Gasteiger partial charge in [0.05, 0.1) is 6.61 Å². The van der Waals surface area contributed by atoms with Gasteiger partial charge in [0.25, 0.3) is 0 Å². The molecule has 0 bridgehead atoms. The van der Waals surface area contributed by atoms with Crippen LogP contribution in [-0.2, 0) is 19.1 Å². The quantitative estimate of drug-likeness (QED) is 0.685. The molecular formula is C15H21NO4. The van der Waals surface area contributed by atoms with E-state index in [0.717, 1.165) is 19.3 Å². The molecule has 0 aliphatic heterocycles. The number of aromatic nitrogens is 1. The highest BCUT2D eigenvalue weighted by Gasteiger charge is 2.26. The van der Waals surface area contributed by atoms with Gasteiger partial charge in [-0.15, -0.1) is 0 Å². The summed E-state index contributed by atoms with van der Waals surface area (Å²) in [7, 11) is 0. The van der Waals surface area contributed by atoms with Gasteiger partial charge < -0.3 is 9.47 Å². The maximum atomic E-state index is 12.0. The van der Waals surface area contributed by atoms with Crippen LogP contribution in [0.4, 0.5) is 0 Å². The summed E-state index contributed by atoms with van der Waals surface area (Å²) in [5, 5.41) is 0. The van der Waals surface area contributed by atoms with Gasteiger partial charge in [-0.2, -0.15) is 0 Å². The molecule has 1 aromatic heterocycles. The topological polar surface area (TPSA) is 65.5 Å². The average Bonchev–Trinajstić information content (AvgIpc) is 2.49. The molecule has 0 amide bonds. The van der Waals surface area contributed by atoms with Crippen LogP contribution in [0.2, 0.25) is 0 Å². The number of nitrogens with zero attached hydrogens (tertiary/aromatic N) is 1. The predicted octanol–water partition coefficient (Wildman–Crippen LogP) is 2.81. The first-order valence-corrected chi connectivity index (χ1v) is 6.95. The van der Waals surface area contributed by atoms with Crippen LogP contribution in [0.5, 0.6) is 0 Å². The van der Waals surface area contributed by atoms with Crippen molar-refractivity contribution in [2.45, 2.75) is 45.6 Å². The Bertz CT molecular complexity index is 419. The van der Waals surface area contributed by atoms with E-state index >= 15 is 0 Å². The van der Waals surface area contributed by atoms with Gasteiger partial charge in [-0.05, 0) is 18.9 Å². The Morgan fingerprint density at radius 2 is 2.10 bits per heavy atom. The first-order valence-electron chi connectivity index (χ1n) is 6.95. The van der Waals surface area contributed by atoms with Gasteiger partial charge in [0.15, 0.2) is 0 Å². The summed E-state index contributed by atoms with van der Waals surface area (Å²) in [5.41, 5.74) is 0.526. The molecular weight excluding hydrogens is 258 g/mol. The zero-order valence-electron chi connectivity index (χ0n) is 12.0. The van der Waals surface area contributed by atoms with Crippen molar-refractivity contribution in [1.82, 2.24) is 4.98 Å². The fourth-order valence-corrected chi connectivity index (χ4v) is 1.57. The molecule has 0 aliphatic carbocycles. The lowest BCUT2D eigenvalue weighted by atomic mass is 10.1. The van der Waals surface area contributed by atoms with Crippen LogP contribution in [-0.4, -0.2) is 23.5 Å². The summed E-state index contributed by atoms with van der Waals surface area (Å²) in [6, 6.07) is 3.38. The number of esters is 2. The number of rotatable bonds is 8. The van der Waals surface area contributed by atoms with E-state index in [1.165, 1.54) is 6.20 Å². The van der Waals surface area contributed by atoms with Crippen LogP contribution < -0.4 is 0 Å². The van der Waals surface area contributed by atoms with Crippen LogP contribution >= 0.6 is 0 Å². The van der Waals surface area contributed by atoms with Crippen molar-refractivity contribution in [3.8, 4) is 0 Å². The first kappa shape index (κ1) is 16.1. The van der Waals surface area contributed by atoms with E-state index in [1.54, 1.807) is 18.3 Å². The number of pyridine rings is 1. The minimum atomic E-state index is -1.03. The summed E-state index contributed by atoms with van der Waals surface area (Å²) in [6.07, 6.45) is 4.72. The van der Waals surface area contributed by atoms with Gasteiger partial charge in [0.2, 0.25) is 6.10 Å². The van der Waals surface area contributed by atoms with E-state index in [9.17, 15) is 9.59 Å². The van der Waals surface area contributed by atoms with Gasteiger partial charge in [-0.3, -0.25) is 9.78 Å². The third-order valence-corrected chi connectivity index (χ3v) is 2.63. The van der Waals surface area contributed by atoms with Crippen LogP contribution in [0.25, 0.3) is 0 Å². The molecule has 5 heteroatoms. The second-order valence-corrected chi connectivity index (χ2v) is 4.43. The molecule has 0 radical (unpaired) electrons. The van der Waals surface area contributed by atoms with Crippen LogP contribution in [0, 0.1) is 0 Å². The maximum absolute atomic E-state index is 12.0. The molecule has 0 N–H and O–H groups in total. The average molecular weight is 279 g/mol. The molecule has 0 aliphatic rings. The predicted molar refractivity (Wildman–Crippen MR) is 73.8 cm³/mol. The van der Waals surface area contributed by atoms with Crippen molar-refractivity contribution < 1.29 is 19.1 Å². The Labute approximate surface area is 119 Å². The Morgan fingerprint density at radius 3 is 2.70 bits per heavy atom. The molecule has 1 unspecified atom stereocenters. The number of hydrogen-bond acceptors (Lipinski definition) is 5. The van der Waals surface area contributed by atoms with Crippen molar-refractivity contribution in [2.24, 2.45) is 0 Å². The summed E-state index contributed by atoms with van der Waals surface area (Å²) in [6.45, 7) is 4.20. The third kappa shape index (κ3) is 5.38. The zero-order valence-corrected chi connectivity index (χ0v) is 12.0. The number of hydrogen-bond donors (Lipinski definition) is 0. The zero-order chi connectivity index (χ0) is 14.8. The lowest BCUT2D eigenvalue weighted by Crippen LogP contribution is -2.22. The minimum Gasteiger partial charge on any atom is -0.463 e. The fourth-order valence-electron chi connectivity index (χ4n) is 1.57. The van der Waals surface area contributed by atoms with Crippen LogP contribution in [0.3, 0.4) is 0 Å². The lowest BCUT2D eigenvalue weighted by Gasteiger charge is -2.16. The highest BCUT2D eigenvalue weighted by atomic mass is 16.6. The van der Waals surface area contributed by atoms with Crippen LogP contribution in [0.1, 0.15) is 51.2 Å². The third-order valence-electron chi connectivity index (χ3n) is 2.63. The van der Waals surface area contributed by atoms with E-state index in [4.69, 9.17) is 9.47 Å². The summed E-state index contributed by atoms with van der Waals surface area (Å²) in [5.74, 6) is -0.946. The van der Waals surface area contributed by atoms with Crippen molar-refractivity contribution in [2.75, 3.05) is 6.61 Å². The minimum absolute atomic E-state index is 0.300. The number of ether oxygens (including phenoxy) is 2. The number of carbonyl (C=O) groups excluding carboxylic acids is 2. The van der Waals surface area contributed by atoms with E-state index in [1.807, 2.05) is 13.8 Å². The van der Waals surface area contributed by atoms with Crippen molar-refractivity contribution >= 4 is 11.9 Å². The normalized spacial score (nSPS) is 11.7. The SMILES string of the molecule is CCCCC(=O)OC(C(=O)OCCC)c1cccnc1. The molecule has 5 nitrogen and oxygen atoms in total. The molecule has 0 saturated heterocycles. The van der Waals surface area contributed by atoms with E-state index in [2.05, 4.69) is 4.98 Å². The maximum Gasteiger partial charge on any atom is 0.352 e. The van der Waals surface area contributed by atoms with Gasteiger partial charge >= 0.3 is 11.9 Å². The highest BCUT2D eigenvalue weighted by molar-refractivity contribution is 5.80. The van der Waals surface area contributed by atoms with Crippen molar-refractivity contribution in [3.63, 3.8) is 0 Å². The Hall–Kier alpha value is -1.91. The lowest BCUT2D eigenvalue weighted by molar-refractivity contribution is -0.168. The summed E-state index contributed by atoms with van der Waals surface area (Å²) >= 11 is 0. The molecule has 1 aromatic rings. The smallest absolute Gasteiger partial charge is 0.352 e. The molecule has 0 saturated carbocycles. The molecule has 1 atom stereocenters. The van der Waals surface area contributed by atoms with Crippen molar-refractivity contribution in [1.29, 1.82) is 0 Å². The largest absolute Gasteiger partial charge is 0.463 e. The standard InChI is InChI=1S/C15H21NO4/c1-3-5-8-13(17)20-14(15(18)19-10-4-2)12-7-6-9-16-11-12/h6-7,9,11,14H,3-5,8,10H2,1-2H3. The molecule has 1 heterocycles. The molecule has 1 rings (SSSR count). The van der Waals surface area contributed by atoms with Gasteiger partial charge in [-0.1, -0.05) is 26.3 Å². The van der Waals surface area contributed by atoms with Gasteiger partial charge in [-0.25, -0.2) is 4.79 Å². The van der Waals surface area contributed by atoms with Gasteiger partial charge in [0.1, 0.15) is 0 Å². The second kappa shape index (κ2) is 9.07. The van der Waals surface area contributed by atoms with E-state index in [0.29, 0.717) is 18.6 Å². The molecule has 110 valence electrons. The molecule has 0 aromatic carbocycles. The van der Waals surface area contributed by atoms with Crippen molar-refractivity contribution in [3.05, 3.63) is 30.1 Å². The number of unbranched alkanes of at least 4 members (excludes halogenated alkanes) is 1. The first-order chi connectivity index (χ1) is 9.69. The van der Waals surface area contributed by atoms with Gasteiger partial charge in [0, 0.05) is 24.4 Å². The molecule has 0 fully saturated rings. The Balaban J connectivity index is 2.74. The highest BCUT2D eigenvalue weighted by Crippen LogP contribution is 2.19. The van der Waals surface area contributed by atoms with E-state index in [-0.39, 0.29) is 0 Å². The number of carbonyl (C=O) groups is 2. The Morgan fingerprint density at radius 1 is 1.30 bits per heavy atom.